The summed E-state index contributed by atoms with van der Waals surface area (Å²) in [5.74, 6) is -0.544. The molecule has 0 spiro atoms. The highest BCUT2D eigenvalue weighted by Crippen LogP contribution is 2.36. The lowest BCUT2D eigenvalue weighted by molar-refractivity contribution is 0.0602. The van der Waals surface area contributed by atoms with E-state index in [4.69, 9.17) is 40.5 Å². The number of nitrogens with two attached hydrogens (primary N) is 1. The average molecular weight is 332 g/mol. The van der Waals surface area contributed by atoms with Crippen molar-refractivity contribution in [2.75, 3.05) is 12.8 Å². The highest BCUT2D eigenvalue weighted by Gasteiger charge is 2.16. The molecule has 7 heteroatoms. The first kappa shape index (κ1) is 14.9. The zero-order valence-corrected chi connectivity index (χ0v) is 12.6. The molecule has 2 N–H and O–H groups in total. The van der Waals surface area contributed by atoms with Crippen molar-refractivity contribution in [2.24, 2.45) is 0 Å². The van der Waals surface area contributed by atoms with Crippen LogP contribution in [-0.2, 0) is 4.74 Å². The number of ether oxygens (including phenoxy) is 1. The summed E-state index contributed by atoms with van der Waals surface area (Å²) < 4.78 is 4.65. The maximum absolute atomic E-state index is 11.6. The molecule has 0 unspecified atom stereocenters. The molecule has 104 valence electrons. The predicted octanol–water partition coefficient (Wildman–Crippen LogP) is 4.08. The molecule has 1 heterocycles. The Bertz CT molecular complexity index is 666. The van der Waals surface area contributed by atoms with Gasteiger partial charge in [-0.3, -0.25) is 4.98 Å². The van der Waals surface area contributed by atoms with Crippen LogP contribution in [0.5, 0.6) is 0 Å². The maximum atomic E-state index is 11.6. The highest BCUT2D eigenvalue weighted by atomic mass is 35.5. The highest BCUT2D eigenvalue weighted by molar-refractivity contribution is 6.48. The first-order valence-electron chi connectivity index (χ1n) is 5.43. The van der Waals surface area contributed by atoms with Crippen molar-refractivity contribution in [2.45, 2.75) is 0 Å². The van der Waals surface area contributed by atoms with Crippen LogP contribution in [0.4, 0.5) is 5.69 Å². The van der Waals surface area contributed by atoms with Crippen LogP contribution in [0.3, 0.4) is 0 Å². The minimum absolute atomic E-state index is 0.189. The number of carbonyl (C=O) groups is 1. The summed E-state index contributed by atoms with van der Waals surface area (Å²) in [7, 11) is 1.28. The number of hydrogen-bond donors (Lipinski definition) is 1. The number of anilines is 1. The molecule has 2 aromatic rings. The molecule has 4 nitrogen and oxygen atoms in total. The molecule has 0 saturated heterocycles. The summed E-state index contributed by atoms with van der Waals surface area (Å²) in [4.78, 5) is 15.7. The molecule has 0 bridgehead atoms. The molecular weight excluding hydrogens is 323 g/mol. The molecule has 0 radical (unpaired) electrons. The number of nitrogens with zero attached hydrogens (tertiary/aromatic N) is 1. The summed E-state index contributed by atoms with van der Waals surface area (Å²) in [5.41, 5.74) is 7.30. The Labute approximate surface area is 130 Å². The van der Waals surface area contributed by atoms with E-state index in [9.17, 15) is 4.79 Å². The van der Waals surface area contributed by atoms with E-state index in [1.165, 1.54) is 19.4 Å². The van der Waals surface area contributed by atoms with Gasteiger partial charge in [0.05, 0.1) is 39.1 Å². The van der Waals surface area contributed by atoms with Gasteiger partial charge in [-0.15, -0.1) is 0 Å². The Hall–Kier alpha value is -1.49. The summed E-state index contributed by atoms with van der Waals surface area (Å²) in [6.45, 7) is 0. The normalized spacial score (nSPS) is 10.4. The Morgan fingerprint density at radius 1 is 1.25 bits per heavy atom. The van der Waals surface area contributed by atoms with Crippen LogP contribution in [0.25, 0.3) is 11.3 Å². The molecule has 0 saturated carbocycles. The molecular formula is C13H9Cl3N2O2. The summed E-state index contributed by atoms with van der Waals surface area (Å²) in [6.07, 6.45) is 1.45. The van der Waals surface area contributed by atoms with E-state index >= 15 is 0 Å². The van der Waals surface area contributed by atoms with Crippen LogP contribution in [0.15, 0.2) is 24.4 Å². The third-order valence-electron chi connectivity index (χ3n) is 2.65. The molecule has 0 aliphatic rings. The van der Waals surface area contributed by atoms with Crippen molar-refractivity contribution >= 4 is 46.5 Å². The van der Waals surface area contributed by atoms with Gasteiger partial charge in [0.15, 0.2) is 0 Å². The van der Waals surface area contributed by atoms with Crippen molar-refractivity contribution < 1.29 is 9.53 Å². The predicted molar refractivity (Wildman–Crippen MR) is 80.5 cm³/mol. The van der Waals surface area contributed by atoms with Crippen molar-refractivity contribution in [1.29, 1.82) is 0 Å². The van der Waals surface area contributed by atoms with Crippen LogP contribution in [-0.4, -0.2) is 18.1 Å². The number of hydrogen-bond acceptors (Lipinski definition) is 4. The van der Waals surface area contributed by atoms with Gasteiger partial charge in [0.25, 0.3) is 0 Å². The summed E-state index contributed by atoms with van der Waals surface area (Å²) in [6, 6.07) is 4.63. The van der Waals surface area contributed by atoms with Gasteiger partial charge in [-0.25, -0.2) is 4.79 Å². The second-order valence-corrected chi connectivity index (χ2v) is 5.06. The molecule has 0 fully saturated rings. The largest absolute Gasteiger partial charge is 0.465 e. The first-order chi connectivity index (χ1) is 9.45. The number of halogens is 3. The Balaban J connectivity index is 2.62. The number of pyridine rings is 1. The van der Waals surface area contributed by atoms with E-state index in [-0.39, 0.29) is 26.3 Å². The Kier molecular flexibility index (Phi) is 4.38. The number of aromatic nitrogens is 1. The molecule has 0 aliphatic carbocycles. The topological polar surface area (TPSA) is 65.2 Å². The second kappa shape index (κ2) is 5.87. The smallest absolute Gasteiger partial charge is 0.340 e. The molecule has 1 aromatic heterocycles. The summed E-state index contributed by atoms with van der Waals surface area (Å²) >= 11 is 17.8. The zero-order valence-electron chi connectivity index (χ0n) is 10.3. The first-order valence-corrected chi connectivity index (χ1v) is 6.56. The molecule has 0 atom stereocenters. The number of methoxy groups -OCH3 is 1. The van der Waals surface area contributed by atoms with Gasteiger partial charge in [0.2, 0.25) is 0 Å². The fourth-order valence-corrected chi connectivity index (χ4v) is 2.28. The molecule has 2 rings (SSSR count). The van der Waals surface area contributed by atoms with Gasteiger partial charge in [0, 0.05) is 11.8 Å². The van der Waals surface area contributed by atoms with Gasteiger partial charge in [-0.2, -0.15) is 0 Å². The van der Waals surface area contributed by atoms with Crippen LogP contribution < -0.4 is 5.73 Å². The number of carbonyl (C=O) groups excluding carboxylic acids is 1. The van der Waals surface area contributed by atoms with Crippen molar-refractivity contribution in [1.82, 2.24) is 4.98 Å². The quantitative estimate of drug-likeness (QED) is 0.665. The molecule has 20 heavy (non-hydrogen) atoms. The minimum Gasteiger partial charge on any atom is -0.465 e. The second-order valence-electron chi connectivity index (χ2n) is 3.87. The third kappa shape index (κ3) is 2.68. The Morgan fingerprint density at radius 2 is 1.85 bits per heavy atom. The lowest BCUT2D eigenvalue weighted by Gasteiger charge is -2.10. The van der Waals surface area contributed by atoms with Gasteiger partial charge >= 0.3 is 5.97 Å². The number of nitrogen functional groups attached to an aromatic ring is 1. The average Bonchev–Trinajstić information content (AvgIpc) is 2.43. The number of benzene rings is 1. The molecule has 0 amide bonds. The van der Waals surface area contributed by atoms with Crippen LogP contribution in [0.2, 0.25) is 15.1 Å². The van der Waals surface area contributed by atoms with Crippen molar-refractivity contribution in [3.8, 4) is 11.3 Å². The van der Waals surface area contributed by atoms with Gasteiger partial charge in [-0.05, 0) is 18.2 Å². The van der Waals surface area contributed by atoms with Crippen molar-refractivity contribution in [3.05, 3.63) is 45.0 Å². The van der Waals surface area contributed by atoms with Crippen LogP contribution >= 0.6 is 34.8 Å². The van der Waals surface area contributed by atoms with Gasteiger partial charge in [0.1, 0.15) is 0 Å². The van der Waals surface area contributed by atoms with E-state index in [2.05, 4.69) is 9.72 Å². The summed E-state index contributed by atoms with van der Waals surface area (Å²) in [5, 5.41) is 0.803. The van der Waals surface area contributed by atoms with E-state index < -0.39 is 5.97 Å². The van der Waals surface area contributed by atoms with E-state index in [1.54, 1.807) is 12.1 Å². The van der Waals surface area contributed by atoms with Crippen LogP contribution in [0, 0.1) is 0 Å². The SMILES string of the molecule is COC(=O)c1ccnc(-c2cc(Cl)c(Cl)c(Cl)c2)c1N. The van der Waals surface area contributed by atoms with E-state index in [1.807, 2.05) is 0 Å². The van der Waals surface area contributed by atoms with E-state index in [0.717, 1.165) is 0 Å². The minimum atomic E-state index is -0.544. The van der Waals surface area contributed by atoms with Gasteiger partial charge < -0.3 is 10.5 Å². The van der Waals surface area contributed by atoms with E-state index in [0.29, 0.717) is 11.3 Å². The lowest BCUT2D eigenvalue weighted by Crippen LogP contribution is -2.07. The zero-order chi connectivity index (χ0) is 14.9. The third-order valence-corrected chi connectivity index (χ3v) is 3.85. The Morgan fingerprint density at radius 3 is 2.40 bits per heavy atom. The maximum Gasteiger partial charge on any atom is 0.340 e. The van der Waals surface area contributed by atoms with Crippen LogP contribution in [0.1, 0.15) is 10.4 Å². The number of esters is 1. The fraction of sp³-hybridized carbons (Fsp3) is 0.0769. The molecule has 0 aliphatic heterocycles. The number of rotatable bonds is 2. The standard InChI is InChI=1S/C13H9Cl3N2O2/c1-20-13(19)7-2-3-18-12(11(7)17)6-4-8(14)10(16)9(15)5-6/h2-5H,17H2,1H3. The monoisotopic (exact) mass is 330 g/mol. The van der Waals surface area contributed by atoms with Gasteiger partial charge in [-0.1, -0.05) is 34.8 Å². The molecule has 1 aromatic carbocycles. The fourth-order valence-electron chi connectivity index (χ4n) is 1.68. The lowest BCUT2D eigenvalue weighted by atomic mass is 10.1. The van der Waals surface area contributed by atoms with Crippen molar-refractivity contribution in [3.63, 3.8) is 0 Å².